The van der Waals surface area contributed by atoms with Gasteiger partial charge in [-0.2, -0.15) is 5.10 Å². The van der Waals surface area contributed by atoms with Crippen LogP contribution in [0.4, 0.5) is 5.69 Å². The zero-order valence-corrected chi connectivity index (χ0v) is 16.3. The van der Waals surface area contributed by atoms with E-state index in [0.29, 0.717) is 12.3 Å². The summed E-state index contributed by atoms with van der Waals surface area (Å²) in [5.74, 6) is -0.922. The number of nitrogens with zero attached hydrogens (tertiary/aromatic N) is 3. The summed E-state index contributed by atoms with van der Waals surface area (Å²) >= 11 is 0. The maximum Gasteiger partial charge on any atom is 0.337 e. The van der Waals surface area contributed by atoms with Gasteiger partial charge in [-0.15, -0.1) is 0 Å². The molecule has 9 nitrogen and oxygen atoms in total. The molecule has 4 rings (SSSR count). The number of rotatable bonds is 6. The summed E-state index contributed by atoms with van der Waals surface area (Å²) in [5.41, 5.74) is 1.87. The molecule has 0 radical (unpaired) electrons. The molecule has 1 unspecified atom stereocenters. The van der Waals surface area contributed by atoms with Crippen molar-refractivity contribution >= 4 is 28.5 Å². The van der Waals surface area contributed by atoms with Gasteiger partial charge in [0.05, 0.1) is 43.2 Å². The third kappa shape index (κ3) is 3.58. The van der Waals surface area contributed by atoms with Gasteiger partial charge in [0.25, 0.3) is 5.91 Å². The standard InChI is InChI=1S/C20H24N4O5/c1-28-20(27)14-12-23(8-9-25)19(26)17(14)22-15-6-4-5-13-11-21-24(18(13)15)16-7-2-3-10-29-16/h4-6,11,16,22,25H,2-3,7-10,12H2,1H3. The van der Waals surface area contributed by atoms with Crippen molar-refractivity contribution in [1.82, 2.24) is 14.7 Å². The predicted octanol–water partition coefficient (Wildman–Crippen LogP) is 1.41. The lowest BCUT2D eigenvalue weighted by Gasteiger charge is -2.24. The minimum atomic E-state index is -0.572. The Bertz CT molecular complexity index is 961. The van der Waals surface area contributed by atoms with E-state index in [1.807, 2.05) is 22.9 Å². The lowest BCUT2D eigenvalue weighted by atomic mass is 10.1. The maximum absolute atomic E-state index is 12.8. The lowest BCUT2D eigenvalue weighted by Crippen LogP contribution is -2.31. The number of carbonyl (C=O) groups is 2. The number of esters is 1. The Labute approximate surface area is 167 Å². The van der Waals surface area contributed by atoms with E-state index in [2.05, 4.69) is 10.4 Å². The number of carbonyl (C=O) groups excluding carboxylic acids is 2. The summed E-state index contributed by atoms with van der Waals surface area (Å²) in [6.07, 6.45) is 4.56. The summed E-state index contributed by atoms with van der Waals surface area (Å²) in [6, 6.07) is 5.64. The molecule has 0 spiro atoms. The highest BCUT2D eigenvalue weighted by Crippen LogP contribution is 2.32. The molecule has 2 aromatic rings. The molecule has 3 heterocycles. The Morgan fingerprint density at radius 1 is 1.41 bits per heavy atom. The van der Waals surface area contributed by atoms with Crippen LogP contribution in [0.1, 0.15) is 25.5 Å². The van der Waals surface area contributed by atoms with Crippen molar-refractivity contribution in [3.05, 3.63) is 35.7 Å². The Hall–Kier alpha value is -2.91. The molecule has 0 bridgehead atoms. The van der Waals surface area contributed by atoms with Crippen molar-refractivity contribution < 1.29 is 24.2 Å². The van der Waals surface area contributed by atoms with E-state index >= 15 is 0 Å². The number of para-hydroxylation sites is 1. The Morgan fingerprint density at radius 3 is 3.00 bits per heavy atom. The van der Waals surface area contributed by atoms with Gasteiger partial charge >= 0.3 is 5.97 Å². The SMILES string of the molecule is COC(=O)C1=C(Nc2cccc3cnn(C4CCCCO4)c23)C(=O)N(CCO)C1. The van der Waals surface area contributed by atoms with Crippen molar-refractivity contribution in [3.8, 4) is 0 Å². The second-order valence-corrected chi connectivity index (χ2v) is 7.07. The van der Waals surface area contributed by atoms with Crippen LogP contribution in [0.2, 0.25) is 0 Å². The van der Waals surface area contributed by atoms with Crippen LogP contribution in [0.25, 0.3) is 10.9 Å². The second-order valence-electron chi connectivity index (χ2n) is 7.07. The number of hydrogen-bond acceptors (Lipinski definition) is 7. The molecule has 0 aliphatic carbocycles. The number of amides is 1. The van der Waals surface area contributed by atoms with E-state index in [1.165, 1.54) is 12.0 Å². The molecule has 29 heavy (non-hydrogen) atoms. The van der Waals surface area contributed by atoms with Crippen molar-refractivity contribution in [3.63, 3.8) is 0 Å². The molecule has 1 fully saturated rings. The fourth-order valence-electron chi connectivity index (χ4n) is 3.82. The molecule has 2 aliphatic rings. The number of fused-ring (bicyclic) bond motifs is 1. The molecular weight excluding hydrogens is 376 g/mol. The van der Waals surface area contributed by atoms with Crippen LogP contribution in [0.5, 0.6) is 0 Å². The smallest absolute Gasteiger partial charge is 0.337 e. The molecule has 0 saturated carbocycles. The lowest BCUT2D eigenvalue weighted by molar-refractivity contribution is -0.136. The van der Waals surface area contributed by atoms with Gasteiger partial charge < -0.3 is 24.8 Å². The van der Waals surface area contributed by atoms with Crippen molar-refractivity contribution in [1.29, 1.82) is 0 Å². The van der Waals surface area contributed by atoms with Crippen molar-refractivity contribution in [2.75, 3.05) is 38.7 Å². The molecule has 154 valence electrons. The summed E-state index contributed by atoms with van der Waals surface area (Å²) in [5, 5.41) is 17.8. The molecule has 1 atom stereocenters. The average molecular weight is 400 g/mol. The Kier molecular flexibility index (Phi) is 5.50. The van der Waals surface area contributed by atoms with Crippen LogP contribution >= 0.6 is 0 Å². The Balaban J connectivity index is 1.73. The summed E-state index contributed by atoms with van der Waals surface area (Å²) < 4.78 is 12.6. The molecule has 1 saturated heterocycles. The van der Waals surface area contributed by atoms with Gasteiger partial charge in [0.2, 0.25) is 0 Å². The molecule has 9 heteroatoms. The topological polar surface area (TPSA) is 106 Å². The maximum atomic E-state index is 12.8. The van der Waals surface area contributed by atoms with Gasteiger partial charge in [-0.05, 0) is 25.3 Å². The van der Waals surface area contributed by atoms with Crippen LogP contribution in [-0.4, -0.2) is 65.1 Å². The number of aliphatic hydroxyl groups excluding tert-OH is 1. The molecule has 2 aliphatic heterocycles. The van der Waals surface area contributed by atoms with Crippen LogP contribution in [-0.2, 0) is 19.1 Å². The molecule has 1 aromatic heterocycles. The fraction of sp³-hybridized carbons (Fsp3) is 0.450. The monoisotopic (exact) mass is 400 g/mol. The molecule has 1 aromatic carbocycles. The zero-order valence-electron chi connectivity index (χ0n) is 16.3. The number of β-amino-alcohol motifs (C(OH)–C–C–N with tert-alkyl or cyclic N) is 1. The number of aliphatic hydroxyl groups is 1. The highest BCUT2D eigenvalue weighted by atomic mass is 16.5. The number of benzene rings is 1. The van der Waals surface area contributed by atoms with E-state index in [-0.39, 0.29) is 43.1 Å². The first-order chi connectivity index (χ1) is 14.1. The minimum Gasteiger partial charge on any atom is -0.466 e. The number of anilines is 1. The predicted molar refractivity (Wildman–Crippen MR) is 105 cm³/mol. The van der Waals surface area contributed by atoms with E-state index in [1.54, 1.807) is 6.20 Å². The molecule has 2 N–H and O–H groups in total. The van der Waals surface area contributed by atoms with Gasteiger partial charge in [-0.1, -0.05) is 12.1 Å². The Morgan fingerprint density at radius 2 is 2.28 bits per heavy atom. The number of ether oxygens (including phenoxy) is 2. The first kappa shape index (κ1) is 19.4. The fourth-order valence-corrected chi connectivity index (χ4v) is 3.82. The van der Waals surface area contributed by atoms with Gasteiger partial charge in [0, 0.05) is 18.5 Å². The zero-order chi connectivity index (χ0) is 20.4. The third-order valence-corrected chi connectivity index (χ3v) is 5.26. The van der Waals surface area contributed by atoms with Crippen LogP contribution in [0.15, 0.2) is 35.7 Å². The van der Waals surface area contributed by atoms with Crippen molar-refractivity contribution in [2.24, 2.45) is 0 Å². The molecule has 1 amide bonds. The van der Waals surface area contributed by atoms with E-state index < -0.39 is 5.97 Å². The quantitative estimate of drug-likeness (QED) is 0.706. The highest BCUT2D eigenvalue weighted by Gasteiger charge is 2.35. The highest BCUT2D eigenvalue weighted by molar-refractivity contribution is 6.09. The van der Waals surface area contributed by atoms with Crippen LogP contribution in [0, 0.1) is 0 Å². The average Bonchev–Trinajstić information content (AvgIpc) is 3.32. The van der Waals surface area contributed by atoms with E-state index in [0.717, 1.165) is 30.2 Å². The van der Waals surface area contributed by atoms with E-state index in [9.17, 15) is 14.7 Å². The summed E-state index contributed by atoms with van der Waals surface area (Å²) in [7, 11) is 1.28. The first-order valence-electron chi connectivity index (χ1n) is 9.70. The minimum absolute atomic E-state index is 0.0926. The number of hydrogen-bond donors (Lipinski definition) is 2. The summed E-state index contributed by atoms with van der Waals surface area (Å²) in [6.45, 7) is 0.737. The first-order valence-corrected chi connectivity index (χ1v) is 9.70. The number of methoxy groups -OCH3 is 1. The number of nitrogens with one attached hydrogen (secondary N) is 1. The van der Waals surface area contributed by atoms with Gasteiger partial charge in [0.1, 0.15) is 5.70 Å². The largest absolute Gasteiger partial charge is 0.466 e. The second kappa shape index (κ2) is 8.22. The summed E-state index contributed by atoms with van der Waals surface area (Å²) in [4.78, 5) is 26.5. The van der Waals surface area contributed by atoms with Crippen molar-refractivity contribution in [2.45, 2.75) is 25.5 Å². The van der Waals surface area contributed by atoms with Gasteiger partial charge in [0.15, 0.2) is 6.23 Å². The van der Waals surface area contributed by atoms with Gasteiger partial charge in [-0.25, -0.2) is 9.48 Å². The number of aromatic nitrogens is 2. The molecular formula is C20H24N4O5. The normalized spacial score (nSPS) is 19.9. The van der Waals surface area contributed by atoms with E-state index in [4.69, 9.17) is 9.47 Å². The van der Waals surface area contributed by atoms with Gasteiger partial charge in [-0.3, -0.25) is 4.79 Å². The third-order valence-electron chi connectivity index (χ3n) is 5.26. The van der Waals surface area contributed by atoms with Crippen LogP contribution in [0.3, 0.4) is 0 Å². The van der Waals surface area contributed by atoms with Crippen LogP contribution < -0.4 is 5.32 Å².